The summed E-state index contributed by atoms with van der Waals surface area (Å²) in [6.45, 7) is 6.70. The van der Waals surface area contributed by atoms with E-state index in [1.807, 2.05) is 20.8 Å². The van der Waals surface area contributed by atoms with Crippen LogP contribution in [0.3, 0.4) is 0 Å². The first-order valence-electron chi connectivity index (χ1n) is 6.82. The molecule has 0 radical (unpaired) electrons. The van der Waals surface area contributed by atoms with Gasteiger partial charge in [0, 0.05) is 11.6 Å². The molecule has 2 aromatic rings. The predicted molar refractivity (Wildman–Crippen MR) is 78.6 cm³/mol. The van der Waals surface area contributed by atoms with Crippen molar-refractivity contribution >= 4 is 0 Å². The van der Waals surface area contributed by atoms with Gasteiger partial charge in [0.05, 0.1) is 0 Å². The van der Waals surface area contributed by atoms with E-state index in [-0.39, 0.29) is 17.7 Å². The summed E-state index contributed by atoms with van der Waals surface area (Å²) in [5.74, 6) is -0.681. The van der Waals surface area contributed by atoms with Crippen molar-refractivity contribution < 1.29 is 8.78 Å². The molecule has 0 fully saturated rings. The summed E-state index contributed by atoms with van der Waals surface area (Å²) >= 11 is 0. The molecule has 1 atom stereocenters. The van der Waals surface area contributed by atoms with Crippen molar-refractivity contribution in [2.24, 2.45) is 0 Å². The molecule has 0 saturated heterocycles. The largest absolute Gasteiger partial charge is 0.310 e. The van der Waals surface area contributed by atoms with Crippen molar-refractivity contribution in [2.45, 2.75) is 26.8 Å². The molecule has 0 amide bonds. The Labute approximate surface area is 118 Å². The summed E-state index contributed by atoms with van der Waals surface area (Å²) in [7, 11) is 0. The SMILES string of the molecule is CCNC(C)c1ccc(F)cc1-c1cc(C)ccc1F. The smallest absolute Gasteiger partial charge is 0.131 e. The Morgan fingerprint density at radius 3 is 2.50 bits per heavy atom. The highest BCUT2D eigenvalue weighted by Gasteiger charge is 2.15. The van der Waals surface area contributed by atoms with E-state index in [1.165, 1.54) is 18.2 Å². The number of aryl methyl sites for hydroxylation is 1. The topological polar surface area (TPSA) is 12.0 Å². The summed E-state index contributed by atoms with van der Waals surface area (Å²) < 4.78 is 27.6. The van der Waals surface area contributed by atoms with Gasteiger partial charge in [-0.05, 0) is 55.8 Å². The molecule has 3 heteroatoms. The van der Waals surface area contributed by atoms with Gasteiger partial charge in [0.1, 0.15) is 11.6 Å². The zero-order valence-electron chi connectivity index (χ0n) is 12.0. The second-order valence-corrected chi connectivity index (χ2v) is 4.99. The van der Waals surface area contributed by atoms with E-state index in [4.69, 9.17) is 0 Å². The van der Waals surface area contributed by atoms with E-state index in [0.29, 0.717) is 11.1 Å². The van der Waals surface area contributed by atoms with E-state index in [2.05, 4.69) is 5.32 Å². The first kappa shape index (κ1) is 14.7. The Bertz CT molecular complexity index is 608. The fourth-order valence-corrected chi connectivity index (χ4v) is 2.40. The summed E-state index contributed by atoms with van der Waals surface area (Å²) in [5, 5.41) is 3.28. The summed E-state index contributed by atoms with van der Waals surface area (Å²) in [4.78, 5) is 0. The highest BCUT2D eigenvalue weighted by molar-refractivity contribution is 5.69. The van der Waals surface area contributed by atoms with Gasteiger partial charge in [0.2, 0.25) is 0 Å². The van der Waals surface area contributed by atoms with Gasteiger partial charge in [0.25, 0.3) is 0 Å². The maximum atomic E-state index is 14.1. The van der Waals surface area contributed by atoms with Crippen molar-refractivity contribution in [1.82, 2.24) is 5.32 Å². The van der Waals surface area contributed by atoms with Crippen LogP contribution in [-0.4, -0.2) is 6.54 Å². The number of halogens is 2. The van der Waals surface area contributed by atoms with Crippen molar-refractivity contribution in [3.8, 4) is 11.1 Å². The first-order chi connectivity index (χ1) is 9.52. The van der Waals surface area contributed by atoms with E-state index < -0.39 is 0 Å². The number of rotatable bonds is 4. The molecule has 2 aromatic carbocycles. The van der Waals surface area contributed by atoms with E-state index in [1.54, 1.807) is 18.2 Å². The standard InChI is InChI=1S/C17H19F2N/c1-4-20-12(3)14-7-6-13(18)10-15(14)16-9-11(2)5-8-17(16)19/h5-10,12,20H,4H2,1-3H3. The van der Waals surface area contributed by atoms with Crippen LogP contribution in [0.15, 0.2) is 36.4 Å². The second-order valence-electron chi connectivity index (χ2n) is 4.99. The number of nitrogens with one attached hydrogen (secondary N) is 1. The third kappa shape index (κ3) is 3.05. The van der Waals surface area contributed by atoms with Gasteiger partial charge in [-0.1, -0.05) is 24.6 Å². The molecule has 0 heterocycles. The molecule has 2 rings (SSSR count). The molecule has 0 saturated carbocycles. The fourth-order valence-electron chi connectivity index (χ4n) is 2.40. The van der Waals surface area contributed by atoms with Gasteiger partial charge < -0.3 is 5.32 Å². The van der Waals surface area contributed by atoms with Crippen LogP contribution < -0.4 is 5.32 Å². The van der Waals surface area contributed by atoms with Crippen LogP contribution in [0.2, 0.25) is 0 Å². The Morgan fingerprint density at radius 2 is 1.80 bits per heavy atom. The van der Waals surface area contributed by atoms with Gasteiger partial charge in [-0.3, -0.25) is 0 Å². The number of hydrogen-bond acceptors (Lipinski definition) is 1. The minimum absolute atomic E-state index is 0.0375. The van der Waals surface area contributed by atoms with Gasteiger partial charge in [-0.25, -0.2) is 8.78 Å². The van der Waals surface area contributed by atoms with Gasteiger partial charge in [-0.15, -0.1) is 0 Å². The molecule has 1 nitrogen and oxygen atoms in total. The average Bonchev–Trinajstić information content (AvgIpc) is 2.41. The lowest BCUT2D eigenvalue weighted by atomic mass is 9.94. The summed E-state index contributed by atoms with van der Waals surface area (Å²) in [5.41, 5.74) is 2.91. The Kier molecular flexibility index (Phi) is 4.50. The maximum Gasteiger partial charge on any atom is 0.131 e. The molecular weight excluding hydrogens is 256 g/mol. The summed E-state index contributed by atoms with van der Waals surface area (Å²) in [6, 6.07) is 9.48. The zero-order valence-corrected chi connectivity index (χ0v) is 12.0. The average molecular weight is 275 g/mol. The van der Waals surface area contributed by atoms with Crippen molar-refractivity contribution in [3.05, 3.63) is 59.2 Å². The number of benzene rings is 2. The van der Waals surface area contributed by atoms with Crippen LogP contribution in [0, 0.1) is 18.6 Å². The van der Waals surface area contributed by atoms with E-state index in [9.17, 15) is 8.78 Å². The molecule has 0 spiro atoms. The third-order valence-corrected chi connectivity index (χ3v) is 3.40. The molecule has 0 aromatic heterocycles. The zero-order chi connectivity index (χ0) is 14.7. The quantitative estimate of drug-likeness (QED) is 0.859. The Hall–Kier alpha value is -1.74. The first-order valence-corrected chi connectivity index (χ1v) is 6.82. The Morgan fingerprint density at radius 1 is 1.05 bits per heavy atom. The van der Waals surface area contributed by atoms with Gasteiger partial charge in [0.15, 0.2) is 0 Å². The minimum Gasteiger partial charge on any atom is -0.310 e. The van der Waals surface area contributed by atoms with Crippen LogP contribution in [-0.2, 0) is 0 Å². The lowest BCUT2D eigenvalue weighted by molar-refractivity contribution is 0.591. The number of hydrogen-bond donors (Lipinski definition) is 1. The van der Waals surface area contributed by atoms with Crippen LogP contribution in [0.5, 0.6) is 0 Å². The van der Waals surface area contributed by atoms with E-state index in [0.717, 1.165) is 17.7 Å². The van der Waals surface area contributed by atoms with Crippen LogP contribution in [0.25, 0.3) is 11.1 Å². The fraction of sp³-hybridized carbons (Fsp3) is 0.294. The minimum atomic E-state index is -0.353. The second kappa shape index (κ2) is 6.14. The third-order valence-electron chi connectivity index (χ3n) is 3.40. The molecule has 106 valence electrons. The van der Waals surface area contributed by atoms with Crippen molar-refractivity contribution in [1.29, 1.82) is 0 Å². The Balaban J connectivity index is 2.59. The highest BCUT2D eigenvalue weighted by atomic mass is 19.1. The maximum absolute atomic E-state index is 14.1. The molecular formula is C17H19F2N. The van der Waals surface area contributed by atoms with Gasteiger partial charge in [-0.2, -0.15) is 0 Å². The highest BCUT2D eigenvalue weighted by Crippen LogP contribution is 2.31. The van der Waals surface area contributed by atoms with Crippen LogP contribution >= 0.6 is 0 Å². The molecule has 0 aliphatic heterocycles. The normalized spacial score (nSPS) is 12.4. The molecule has 0 aliphatic rings. The molecule has 1 unspecified atom stereocenters. The van der Waals surface area contributed by atoms with Gasteiger partial charge >= 0.3 is 0 Å². The lowest BCUT2D eigenvalue weighted by Crippen LogP contribution is -2.18. The predicted octanol–water partition coefficient (Wildman–Crippen LogP) is 4.61. The van der Waals surface area contributed by atoms with E-state index >= 15 is 0 Å². The van der Waals surface area contributed by atoms with Crippen molar-refractivity contribution in [3.63, 3.8) is 0 Å². The van der Waals surface area contributed by atoms with Crippen molar-refractivity contribution in [2.75, 3.05) is 6.54 Å². The monoisotopic (exact) mass is 275 g/mol. The molecule has 0 bridgehead atoms. The molecule has 20 heavy (non-hydrogen) atoms. The molecule has 1 N–H and O–H groups in total. The molecule has 0 aliphatic carbocycles. The lowest BCUT2D eigenvalue weighted by Gasteiger charge is -2.18. The van der Waals surface area contributed by atoms with Crippen LogP contribution in [0.4, 0.5) is 8.78 Å². The van der Waals surface area contributed by atoms with Crippen LogP contribution in [0.1, 0.15) is 31.0 Å². The summed E-state index contributed by atoms with van der Waals surface area (Å²) in [6.07, 6.45) is 0.